The highest BCUT2D eigenvalue weighted by molar-refractivity contribution is 5.78. The summed E-state index contributed by atoms with van der Waals surface area (Å²) in [6.45, 7) is 7.43. The Labute approximate surface area is 147 Å². The van der Waals surface area contributed by atoms with Gasteiger partial charge in [-0.15, -0.1) is 0 Å². The number of nitrogens with one attached hydrogen (secondary N) is 1. The Balaban J connectivity index is 0.00000312. The van der Waals surface area contributed by atoms with Crippen LogP contribution < -0.4 is 5.32 Å². The Morgan fingerprint density at radius 2 is 1.75 bits per heavy atom. The molecule has 0 aromatic heterocycles. The number of rotatable bonds is 7. The molecule has 2 saturated heterocycles. The van der Waals surface area contributed by atoms with E-state index in [9.17, 15) is 9.59 Å². The molecule has 2 amide bonds. The predicted octanol–water partition coefficient (Wildman–Crippen LogP) is 1.36. The van der Waals surface area contributed by atoms with Crippen LogP contribution in [0.3, 0.4) is 0 Å². The van der Waals surface area contributed by atoms with Gasteiger partial charge in [-0.05, 0) is 51.7 Å². The number of nitrogens with zero attached hydrogens (tertiary/aromatic N) is 2. The van der Waals surface area contributed by atoms with Gasteiger partial charge in [0.15, 0.2) is 0 Å². The molecule has 0 aromatic carbocycles. The number of carbonyl (C=O) groups is 2. The van der Waals surface area contributed by atoms with Gasteiger partial charge >= 0.3 is 0 Å². The smallest absolute Gasteiger partial charge is 0.224 e. The van der Waals surface area contributed by atoms with E-state index in [1.165, 1.54) is 0 Å². The molecule has 140 valence electrons. The van der Waals surface area contributed by atoms with Gasteiger partial charge in [0.05, 0.1) is 19.6 Å². The van der Waals surface area contributed by atoms with Crippen LogP contribution in [0.15, 0.2) is 0 Å². The summed E-state index contributed by atoms with van der Waals surface area (Å²) in [6.07, 6.45) is 4.53. The summed E-state index contributed by atoms with van der Waals surface area (Å²) in [4.78, 5) is 28.3. The molecule has 2 fully saturated rings. The molecule has 1 N–H and O–H groups in total. The van der Waals surface area contributed by atoms with Crippen LogP contribution in [0.4, 0.5) is 0 Å². The highest BCUT2D eigenvalue weighted by Gasteiger charge is 2.23. The first-order valence-corrected chi connectivity index (χ1v) is 9.38. The van der Waals surface area contributed by atoms with Crippen molar-refractivity contribution < 1.29 is 15.8 Å². The molecule has 6 heteroatoms. The van der Waals surface area contributed by atoms with E-state index >= 15 is 0 Å². The molecular formula is C18H35N3O3. The summed E-state index contributed by atoms with van der Waals surface area (Å²) in [6, 6.07) is 0. The molecule has 2 rings (SSSR count). The Morgan fingerprint density at radius 3 is 2.42 bits per heavy atom. The van der Waals surface area contributed by atoms with Crippen molar-refractivity contribution in [3.8, 4) is 0 Å². The van der Waals surface area contributed by atoms with Gasteiger partial charge in [-0.25, -0.2) is 0 Å². The highest BCUT2D eigenvalue weighted by atomic mass is 16.5. The average molecular weight is 341 g/mol. The molecule has 2 aliphatic heterocycles. The summed E-state index contributed by atoms with van der Waals surface area (Å²) >= 11 is 0. The molecule has 0 saturated carbocycles. The van der Waals surface area contributed by atoms with E-state index in [1.807, 2.05) is 4.90 Å². The van der Waals surface area contributed by atoms with Gasteiger partial charge in [-0.1, -0.05) is 6.92 Å². The Bertz CT molecular complexity index is 368. The predicted molar refractivity (Wildman–Crippen MR) is 95.8 cm³/mol. The van der Waals surface area contributed by atoms with Crippen LogP contribution in [0.5, 0.6) is 0 Å². The molecule has 2 heterocycles. The van der Waals surface area contributed by atoms with Gasteiger partial charge in [-0.3, -0.25) is 9.59 Å². The standard InChI is InChI=1S/C18H33N3O3.H2/c1-15-3-11-21(12-4-15)17(22)7-13-24-14-8-19-18(23)16-5-9-20(2)10-6-16;/h15-16H,3-14H2,1-2H3,(H,19,23);1H. The van der Waals surface area contributed by atoms with E-state index in [1.54, 1.807) is 0 Å². The third-order valence-electron chi connectivity index (χ3n) is 5.23. The van der Waals surface area contributed by atoms with Crippen LogP contribution in [0.25, 0.3) is 0 Å². The van der Waals surface area contributed by atoms with Crippen LogP contribution in [0.2, 0.25) is 0 Å². The van der Waals surface area contributed by atoms with Crippen LogP contribution in [0, 0.1) is 11.8 Å². The number of amides is 2. The second kappa shape index (κ2) is 9.99. The first-order chi connectivity index (χ1) is 11.6. The third-order valence-corrected chi connectivity index (χ3v) is 5.23. The molecule has 0 atom stereocenters. The number of ether oxygens (including phenoxy) is 1. The van der Waals surface area contributed by atoms with Crippen molar-refractivity contribution in [2.75, 3.05) is 53.0 Å². The summed E-state index contributed by atoms with van der Waals surface area (Å²) in [5, 5.41) is 2.95. The quantitative estimate of drug-likeness (QED) is 0.710. The van der Waals surface area contributed by atoms with Gasteiger partial charge in [-0.2, -0.15) is 0 Å². The number of hydrogen-bond donors (Lipinski definition) is 1. The fourth-order valence-electron chi connectivity index (χ4n) is 3.34. The maximum atomic E-state index is 12.1. The summed E-state index contributed by atoms with van der Waals surface area (Å²) in [5.74, 6) is 1.21. The largest absolute Gasteiger partial charge is 0.379 e. The normalized spacial score (nSPS) is 21.0. The zero-order valence-corrected chi connectivity index (χ0v) is 15.3. The van der Waals surface area contributed by atoms with Gasteiger partial charge in [0.25, 0.3) is 0 Å². The molecule has 0 spiro atoms. The van der Waals surface area contributed by atoms with Gasteiger partial charge in [0.2, 0.25) is 11.8 Å². The second-order valence-corrected chi connectivity index (χ2v) is 7.29. The summed E-state index contributed by atoms with van der Waals surface area (Å²) in [5.41, 5.74) is 0. The van der Waals surface area contributed by atoms with E-state index in [-0.39, 0.29) is 19.2 Å². The highest BCUT2D eigenvalue weighted by Crippen LogP contribution is 2.17. The maximum absolute atomic E-state index is 12.1. The van der Waals surface area contributed by atoms with E-state index in [0.29, 0.717) is 26.2 Å². The molecular weight excluding hydrogens is 306 g/mol. The lowest BCUT2D eigenvalue weighted by Crippen LogP contribution is -2.40. The van der Waals surface area contributed by atoms with E-state index in [2.05, 4.69) is 24.2 Å². The topological polar surface area (TPSA) is 61.9 Å². The second-order valence-electron chi connectivity index (χ2n) is 7.29. The zero-order chi connectivity index (χ0) is 17.4. The van der Waals surface area contributed by atoms with Crippen molar-refractivity contribution in [3.63, 3.8) is 0 Å². The number of piperidine rings is 2. The lowest BCUT2D eigenvalue weighted by atomic mass is 9.96. The van der Waals surface area contributed by atoms with Crippen LogP contribution in [0.1, 0.15) is 40.5 Å². The molecule has 0 bridgehead atoms. The van der Waals surface area contributed by atoms with Crippen molar-refractivity contribution in [3.05, 3.63) is 0 Å². The molecule has 0 aliphatic carbocycles. The minimum atomic E-state index is 0. The Kier molecular flexibility index (Phi) is 7.99. The van der Waals surface area contributed by atoms with Crippen molar-refractivity contribution in [1.82, 2.24) is 15.1 Å². The molecule has 24 heavy (non-hydrogen) atoms. The van der Waals surface area contributed by atoms with Crippen molar-refractivity contribution in [2.24, 2.45) is 11.8 Å². The first kappa shape index (κ1) is 19.2. The summed E-state index contributed by atoms with van der Waals surface area (Å²) in [7, 11) is 2.09. The van der Waals surface area contributed by atoms with E-state index in [0.717, 1.165) is 57.8 Å². The van der Waals surface area contributed by atoms with Crippen LogP contribution in [-0.4, -0.2) is 74.6 Å². The number of likely N-dealkylation sites (tertiary alicyclic amines) is 2. The number of carbonyl (C=O) groups excluding carboxylic acids is 2. The molecule has 0 unspecified atom stereocenters. The van der Waals surface area contributed by atoms with Gasteiger partial charge in [0.1, 0.15) is 0 Å². The SMILES string of the molecule is CC1CCN(C(=O)CCOCCNC(=O)C2CCN(C)CC2)CC1.[HH]. The summed E-state index contributed by atoms with van der Waals surface area (Å²) < 4.78 is 5.50. The zero-order valence-electron chi connectivity index (χ0n) is 15.3. The molecule has 2 aliphatic rings. The third kappa shape index (κ3) is 6.40. The lowest BCUT2D eigenvalue weighted by Gasteiger charge is -2.30. The fraction of sp³-hybridized carbons (Fsp3) is 0.889. The minimum Gasteiger partial charge on any atom is -0.379 e. The molecule has 6 nitrogen and oxygen atoms in total. The van der Waals surface area contributed by atoms with E-state index in [4.69, 9.17) is 4.74 Å². The first-order valence-electron chi connectivity index (χ1n) is 9.38. The van der Waals surface area contributed by atoms with Crippen molar-refractivity contribution in [2.45, 2.75) is 39.0 Å². The fourth-order valence-corrected chi connectivity index (χ4v) is 3.34. The Hall–Kier alpha value is -1.14. The average Bonchev–Trinajstić information content (AvgIpc) is 2.58. The van der Waals surface area contributed by atoms with Crippen LogP contribution >= 0.6 is 0 Å². The molecule has 0 radical (unpaired) electrons. The maximum Gasteiger partial charge on any atom is 0.224 e. The minimum absolute atomic E-state index is 0. The molecule has 0 aromatic rings. The Morgan fingerprint density at radius 1 is 1.08 bits per heavy atom. The van der Waals surface area contributed by atoms with Gasteiger partial charge in [0, 0.05) is 27.0 Å². The monoisotopic (exact) mass is 341 g/mol. The van der Waals surface area contributed by atoms with Gasteiger partial charge < -0.3 is 19.9 Å². The van der Waals surface area contributed by atoms with E-state index < -0.39 is 0 Å². The van der Waals surface area contributed by atoms with Crippen molar-refractivity contribution >= 4 is 11.8 Å². The van der Waals surface area contributed by atoms with Crippen LogP contribution in [-0.2, 0) is 14.3 Å². The number of hydrogen-bond acceptors (Lipinski definition) is 4. The lowest BCUT2D eigenvalue weighted by molar-refractivity contribution is -0.134. The van der Waals surface area contributed by atoms with Crippen molar-refractivity contribution in [1.29, 1.82) is 0 Å².